The number of aryl methyl sites for hydroxylation is 1. The van der Waals surface area contributed by atoms with E-state index in [9.17, 15) is 24.3 Å². The van der Waals surface area contributed by atoms with Gasteiger partial charge < -0.3 is 19.7 Å². The molecule has 0 saturated heterocycles. The van der Waals surface area contributed by atoms with Crippen molar-refractivity contribution in [2.24, 2.45) is 7.05 Å². The summed E-state index contributed by atoms with van der Waals surface area (Å²) in [5.74, 6) is -3.53. The summed E-state index contributed by atoms with van der Waals surface area (Å²) in [5.41, 5.74) is 0.708. The van der Waals surface area contributed by atoms with Crippen molar-refractivity contribution in [3.05, 3.63) is 86.9 Å². The Morgan fingerprint density at radius 3 is 2.79 bits per heavy atom. The third-order valence-electron chi connectivity index (χ3n) is 6.43. The number of nitrogens with one attached hydrogen (secondary N) is 1. The van der Waals surface area contributed by atoms with Crippen molar-refractivity contribution in [3.8, 4) is 11.8 Å². The van der Waals surface area contributed by atoms with Gasteiger partial charge in [0.05, 0.1) is 36.7 Å². The van der Waals surface area contributed by atoms with Crippen molar-refractivity contribution in [2.45, 2.75) is 32.2 Å². The van der Waals surface area contributed by atoms with Crippen molar-refractivity contribution < 1.29 is 23.6 Å². The largest absolute Gasteiger partial charge is 0.501 e. The molecule has 2 unspecified atom stereocenters. The smallest absolute Gasteiger partial charge is 0.296 e. The van der Waals surface area contributed by atoms with Crippen LogP contribution in [0.5, 0.6) is 5.75 Å². The summed E-state index contributed by atoms with van der Waals surface area (Å²) in [4.78, 5) is 30.3. The van der Waals surface area contributed by atoms with Crippen LogP contribution >= 0.6 is 0 Å². The van der Waals surface area contributed by atoms with Gasteiger partial charge in [0.2, 0.25) is 5.75 Å². The molecule has 1 aromatic carbocycles. The number of hydrogen-bond acceptors (Lipinski definition) is 9. The molecule has 0 radical (unpaired) electrons. The molecule has 39 heavy (non-hydrogen) atoms. The number of carbonyl (C=O) groups is 1. The molecule has 0 aliphatic rings. The van der Waals surface area contributed by atoms with E-state index in [2.05, 4.69) is 26.6 Å². The number of ether oxygens (including phenoxy) is 1. The molecule has 0 aliphatic carbocycles. The fraction of sp³-hybridized carbons (Fsp3) is 0.308. The first-order valence-corrected chi connectivity index (χ1v) is 11.9. The Bertz CT molecular complexity index is 1600. The lowest BCUT2D eigenvalue weighted by atomic mass is 9.79. The highest BCUT2D eigenvalue weighted by Gasteiger charge is 2.33. The second kappa shape index (κ2) is 11.3. The number of aromatic nitrogens is 5. The average Bonchev–Trinajstić information content (AvgIpc) is 3.56. The lowest BCUT2D eigenvalue weighted by molar-refractivity contribution is 0.101. The lowest BCUT2D eigenvalue weighted by Gasteiger charge is -2.26. The van der Waals surface area contributed by atoms with Crippen LogP contribution in [-0.4, -0.2) is 49.2 Å². The Morgan fingerprint density at radius 1 is 1.36 bits per heavy atom. The van der Waals surface area contributed by atoms with Gasteiger partial charge in [0.15, 0.2) is 5.69 Å². The summed E-state index contributed by atoms with van der Waals surface area (Å²) in [5, 5.41) is 30.8. The van der Waals surface area contributed by atoms with Gasteiger partial charge in [-0.05, 0) is 30.7 Å². The van der Waals surface area contributed by atoms with E-state index in [1.54, 1.807) is 31.8 Å². The third kappa shape index (κ3) is 5.41. The minimum atomic E-state index is -0.856. The fourth-order valence-electron chi connectivity index (χ4n) is 4.52. The second-order valence-corrected chi connectivity index (χ2v) is 8.93. The first kappa shape index (κ1) is 27.2. The van der Waals surface area contributed by atoms with Gasteiger partial charge in [-0.25, -0.2) is 9.37 Å². The molecule has 13 heteroatoms. The maximum Gasteiger partial charge on any atom is 0.296 e. The number of rotatable bonds is 9. The molecule has 2 atom stereocenters. The summed E-state index contributed by atoms with van der Waals surface area (Å²) < 4.78 is 27.2. The van der Waals surface area contributed by atoms with Crippen LogP contribution in [0.25, 0.3) is 0 Å². The van der Waals surface area contributed by atoms with Gasteiger partial charge in [-0.1, -0.05) is 12.1 Å². The first-order valence-electron chi connectivity index (χ1n) is 11.9. The summed E-state index contributed by atoms with van der Waals surface area (Å²) >= 11 is 0. The van der Waals surface area contributed by atoms with Gasteiger partial charge in [0.1, 0.15) is 23.6 Å². The molecule has 0 aliphatic heterocycles. The number of nitriles is 1. The van der Waals surface area contributed by atoms with Crippen molar-refractivity contribution in [1.82, 2.24) is 24.5 Å². The van der Waals surface area contributed by atoms with Crippen LogP contribution in [0.1, 0.15) is 57.5 Å². The highest BCUT2D eigenvalue weighted by molar-refractivity contribution is 6.04. The van der Waals surface area contributed by atoms with E-state index in [-0.39, 0.29) is 17.1 Å². The van der Waals surface area contributed by atoms with E-state index in [0.717, 1.165) is 4.57 Å². The number of carbonyl (C=O) groups excluding carboxylic acids is 1. The molecule has 0 fully saturated rings. The third-order valence-corrected chi connectivity index (χ3v) is 6.43. The topological polar surface area (TPSA) is 161 Å². The Balaban J connectivity index is 1.89. The van der Waals surface area contributed by atoms with Crippen LogP contribution in [0.3, 0.4) is 0 Å². The van der Waals surface area contributed by atoms with E-state index in [4.69, 9.17) is 9.26 Å². The summed E-state index contributed by atoms with van der Waals surface area (Å²) in [6, 6.07) is 5.96. The maximum atomic E-state index is 14.5. The molecule has 3 heterocycles. The van der Waals surface area contributed by atoms with Gasteiger partial charge in [0.25, 0.3) is 11.5 Å². The molecule has 12 nitrogen and oxygen atoms in total. The standard InChI is InChI=1S/C26H26FN7O5/c1-14(24-31-22(23(35)26(37)33(24)3)25(36)30-18-11-29-39-13-18)21(19-9-17(27)6-5-16(19)10-28)20-12-34(7-8-38-4)32-15(20)2/h5-6,9,11-14,21,35H,7-8H2,1-4H3,(H,30,36). The Morgan fingerprint density at radius 2 is 2.13 bits per heavy atom. The molecule has 0 saturated carbocycles. The highest BCUT2D eigenvalue weighted by Crippen LogP contribution is 2.40. The summed E-state index contributed by atoms with van der Waals surface area (Å²) in [6.07, 6.45) is 4.19. The van der Waals surface area contributed by atoms with Gasteiger partial charge in [-0.15, -0.1) is 0 Å². The number of benzene rings is 1. The first-order chi connectivity index (χ1) is 18.7. The van der Waals surface area contributed by atoms with Gasteiger partial charge in [-0.3, -0.25) is 18.8 Å². The zero-order valence-corrected chi connectivity index (χ0v) is 21.7. The molecule has 4 rings (SSSR count). The number of hydrogen-bond donors (Lipinski definition) is 2. The molecule has 2 N–H and O–H groups in total. The van der Waals surface area contributed by atoms with E-state index in [0.29, 0.717) is 30.0 Å². The van der Waals surface area contributed by atoms with Crippen molar-refractivity contribution >= 4 is 11.6 Å². The van der Waals surface area contributed by atoms with Crippen LogP contribution in [0.4, 0.5) is 10.1 Å². The van der Waals surface area contributed by atoms with E-state index >= 15 is 0 Å². The van der Waals surface area contributed by atoms with Crippen molar-refractivity contribution in [1.29, 1.82) is 5.26 Å². The molecule has 0 bridgehead atoms. The Kier molecular flexibility index (Phi) is 7.87. The SMILES string of the molecule is COCCn1cc(C(c2cc(F)ccc2C#N)C(C)c2nc(C(=O)Nc3cnoc3)c(O)c(=O)n2C)c(C)n1. The number of nitrogens with zero attached hydrogens (tertiary/aromatic N) is 6. The zero-order valence-electron chi connectivity index (χ0n) is 21.7. The summed E-state index contributed by atoms with van der Waals surface area (Å²) in [6.45, 7) is 4.38. The van der Waals surface area contributed by atoms with Crippen LogP contribution < -0.4 is 10.9 Å². The average molecular weight is 536 g/mol. The number of methoxy groups -OCH3 is 1. The molecular weight excluding hydrogens is 509 g/mol. The molecule has 1 amide bonds. The minimum Gasteiger partial charge on any atom is -0.501 e. The van der Waals surface area contributed by atoms with Gasteiger partial charge in [-0.2, -0.15) is 10.4 Å². The monoisotopic (exact) mass is 535 g/mol. The van der Waals surface area contributed by atoms with E-state index in [1.165, 1.54) is 37.7 Å². The minimum absolute atomic E-state index is 0.121. The second-order valence-electron chi connectivity index (χ2n) is 8.93. The summed E-state index contributed by atoms with van der Waals surface area (Å²) in [7, 11) is 2.98. The number of amides is 1. The fourth-order valence-corrected chi connectivity index (χ4v) is 4.52. The van der Waals surface area contributed by atoms with Crippen LogP contribution in [0.15, 0.2) is 46.2 Å². The van der Waals surface area contributed by atoms with Crippen LogP contribution in [0, 0.1) is 24.1 Å². The van der Waals surface area contributed by atoms with Gasteiger partial charge >= 0.3 is 0 Å². The van der Waals surface area contributed by atoms with E-state index < -0.39 is 40.6 Å². The lowest BCUT2D eigenvalue weighted by Crippen LogP contribution is -2.29. The quantitative estimate of drug-likeness (QED) is 0.328. The van der Waals surface area contributed by atoms with Crippen LogP contribution in [0.2, 0.25) is 0 Å². The maximum absolute atomic E-state index is 14.5. The predicted octanol–water partition coefficient (Wildman–Crippen LogP) is 2.82. The normalized spacial score (nSPS) is 12.6. The van der Waals surface area contributed by atoms with E-state index in [1.807, 2.05) is 0 Å². The Hall–Kier alpha value is -4.83. The predicted molar refractivity (Wildman–Crippen MR) is 136 cm³/mol. The van der Waals surface area contributed by atoms with Crippen molar-refractivity contribution in [3.63, 3.8) is 0 Å². The molecule has 202 valence electrons. The number of halogens is 1. The zero-order chi connectivity index (χ0) is 28.3. The molecule has 0 spiro atoms. The molecular formula is C26H26FN7O5. The van der Waals surface area contributed by atoms with Gasteiger partial charge in [0, 0.05) is 37.8 Å². The van der Waals surface area contributed by atoms with Crippen molar-refractivity contribution in [2.75, 3.05) is 19.0 Å². The Labute approximate surface area is 222 Å². The molecule has 3 aromatic heterocycles. The highest BCUT2D eigenvalue weighted by atomic mass is 19.1. The number of aromatic hydroxyl groups is 1. The molecule has 4 aromatic rings. The number of anilines is 1. The van der Waals surface area contributed by atoms with Crippen LogP contribution in [-0.2, 0) is 18.3 Å².